The fraction of sp³-hybridized carbons (Fsp3) is 0.182. The molecule has 0 amide bonds. The van der Waals surface area contributed by atoms with Crippen LogP contribution >= 0.6 is 0 Å². The van der Waals surface area contributed by atoms with Crippen LogP contribution in [-0.2, 0) is 0 Å². The molecule has 2 aromatic carbocycles. The maximum Gasteiger partial charge on any atom is 0.0216 e. The van der Waals surface area contributed by atoms with Crippen molar-refractivity contribution in [2.75, 3.05) is 0 Å². The van der Waals surface area contributed by atoms with Crippen LogP contribution in [0.2, 0.25) is 0 Å². The number of hydrogen-bond donors (Lipinski definition) is 0. The minimum Gasteiger partial charge on any atom is -0.0702 e. The molecule has 2 aliphatic rings. The van der Waals surface area contributed by atoms with E-state index in [0.717, 1.165) is 6.42 Å². The summed E-state index contributed by atoms with van der Waals surface area (Å²) in [6.45, 7) is 4.44. The smallest absolute Gasteiger partial charge is 0.0216 e. The topological polar surface area (TPSA) is 0 Å². The molecule has 108 valence electrons. The molecule has 0 saturated carbocycles. The molecule has 1 atom stereocenters. The van der Waals surface area contributed by atoms with Crippen molar-refractivity contribution in [2.24, 2.45) is 5.92 Å². The summed E-state index contributed by atoms with van der Waals surface area (Å²) in [7, 11) is 0. The predicted octanol–water partition coefficient (Wildman–Crippen LogP) is 6.08. The van der Waals surface area contributed by atoms with Crippen molar-refractivity contribution in [1.29, 1.82) is 0 Å². The molecule has 0 heterocycles. The SMILES string of the molecule is CCC1=CC2C=C(C)C=C(c3cccc4ccccc34)C2=C1. The molecule has 1 unspecified atom stereocenters. The highest BCUT2D eigenvalue weighted by Crippen LogP contribution is 2.42. The van der Waals surface area contributed by atoms with Crippen molar-refractivity contribution in [3.8, 4) is 0 Å². The van der Waals surface area contributed by atoms with Crippen LogP contribution in [0.5, 0.6) is 0 Å². The second kappa shape index (κ2) is 5.14. The first-order chi connectivity index (χ1) is 10.8. The van der Waals surface area contributed by atoms with Gasteiger partial charge >= 0.3 is 0 Å². The Morgan fingerprint density at radius 2 is 1.73 bits per heavy atom. The Bertz CT molecular complexity index is 867. The van der Waals surface area contributed by atoms with Crippen LogP contribution in [0.1, 0.15) is 25.8 Å². The molecule has 0 spiro atoms. The lowest BCUT2D eigenvalue weighted by molar-refractivity contribution is 1.00. The van der Waals surface area contributed by atoms with Crippen LogP contribution in [0.15, 0.2) is 83.5 Å². The van der Waals surface area contributed by atoms with Crippen molar-refractivity contribution >= 4 is 16.3 Å². The van der Waals surface area contributed by atoms with Crippen molar-refractivity contribution in [2.45, 2.75) is 20.3 Å². The summed E-state index contributed by atoms with van der Waals surface area (Å²) >= 11 is 0. The molecule has 0 fully saturated rings. The average Bonchev–Trinajstić information content (AvgIpc) is 2.96. The van der Waals surface area contributed by atoms with Gasteiger partial charge in [-0.05, 0) is 40.8 Å². The van der Waals surface area contributed by atoms with E-state index in [1.807, 2.05) is 0 Å². The van der Waals surface area contributed by atoms with Gasteiger partial charge in [-0.3, -0.25) is 0 Å². The van der Waals surface area contributed by atoms with Gasteiger partial charge in [0.05, 0.1) is 0 Å². The minimum atomic E-state index is 0.453. The van der Waals surface area contributed by atoms with Crippen LogP contribution in [0.3, 0.4) is 0 Å². The molecule has 2 aliphatic carbocycles. The number of allylic oxidation sites excluding steroid dienone is 8. The molecular weight excluding hydrogens is 264 g/mol. The molecule has 0 radical (unpaired) electrons. The number of hydrogen-bond acceptors (Lipinski definition) is 0. The standard InChI is InChI=1S/C22H20/c1-3-16-13-18-11-15(2)12-22(21(18)14-16)20-10-6-8-17-7-4-5-9-19(17)20/h4-14,18H,3H2,1-2H3. The fourth-order valence-corrected chi connectivity index (χ4v) is 3.62. The zero-order chi connectivity index (χ0) is 15.1. The third-order valence-electron chi connectivity index (χ3n) is 4.71. The van der Waals surface area contributed by atoms with Crippen LogP contribution in [-0.4, -0.2) is 0 Å². The van der Waals surface area contributed by atoms with Crippen LogP contribution < -0.4 is 0 Å². The van der Waals surface area contributed by atoms with Crippen molar-refractivity contribution in [3.63, 3.8) is 0 Å². The van der Waals surface area contributed by atoms with E-state index in [1.165, 1.54) is 38.6 Å². The molecule has 0 aliphatic heterocycles. The molecular formula is C22H20. The summed E-state index contributed by atoms with van der Waals surface area (Å²) in [6.07, 6.45) is 10.6. The van der Waals surface area contributed by atoms with E-state index in [1.54, 1.807) is 0 Å². The Kier molecular flexibility index (Phi) is 3.11. The molecule has 0 saturated heterocycles. The Labute approximate surface area is 132 Å². The van der Waals surface area contributed by atoms with Crippen LogP contribution in [0.4, 0.5) is 0 Å². The molecule has 0 aromatic heterocycles. The molecule has 0 heteroatoms. The van der Waals surface area contributed by atoms with E-state index in [9.17, 15) is 0 Å². The highest BCUT2D eigenvalue weighted by atomic mass is 14.3. The quantitative estimate of drug-likeness (QED) is 0.627. The Morgan fingerprint density at radius 1 is 0.909 bits per heavy atom. The normalized spacial score (nSPS) is 20.2. The second-order valence-electron chi connectivity index (χ2n) is 6.22. The summed E-state index contributed by atoms with van der Waals surface area (Å²) in [5.41, 5.74) is 7.02. The first-order valence-electron chi connectivity index (χ1n) is 8.07. The molecule has 0 bridgehead atoms. The highest BCUT2D eigenvalue weighted by Gasteiger charge is 2.24. The number of benzene rings is 2. The van der Waals surface area contributed by atoms with Crippen molar-refractivity contribution in [1.82, 2.24) is 0 Å². The maximum atomic E-state index is 2.41. The van der Waals surface area contributed by atoms with Gasteiger partial charge in [0.2, 0.25) is 0 Å². The lowest BCUT2D eigenvalue weighted by Crippen LogP contribution is -2.04. The summed E-state index contributed by atoms with van der Waals surface area (Å²) in [4.78, 5) is 0. The third kappa shape index (κ3) is 2.07. The zero-order valence-corrected chi connectivity index (χ0v) is 13.1. The molecule has 22 heavy (non-hydrogen) atoms. The molecule has 0 nitrogen and oxygen atoms in total. The van der Waals surface area contributed by atoms with E-state index in [-0.39, 0.29) is 0 Å². The molecule has 2 aromatic rings. The predicted molar refractivity (Wildman–Crippen MR) is 95.6 cm³/mol. The van der Waals surface area contributed by atoms with Crippen LogP contribution in [0.25, 0.3) is 16.3 Å². The first kappa shape index (κ1) is 13.3. The van der Waals surface area contributed by atoms with Crippen molar-refractivity contribution < 1.29 is 0 Å². The summed E-state index contributed by atoms with van der Waals surface area (Å²) < 4.78 is 0. The van der Waals surface area contributed by atoms with Gasteiger partial charge in [0.25, 0.3) is 0 Å². The highest BCUT2D eigenvalue weighted by molar-refractivity contribution is 5.99. The average molecular weight is 284 g/mol. The number of rotatable bonds is 2. The summed E-state index contributed by atoms with van der Waals surface area (Å²) in [5, 5.41) is 2.66. The number of fused-ring (bicyclic) bond motifs is 2. The van der Waals surface area contributed by atoms with Crippen molar-refractivity contribution in [3.05, 3.63) is 89.1 Å². The van der Waals surface area contributed by atoms with E-state index >= 15 is 0 Å². The lowest BCUT2D eigenvalue weighted by atomic mass is 9.83. The monoisotopic (exact) mass is 284 g/mol. The van der Waals surface area contributed by atoms with Crippen LogP contribution in [0, 0.1) is 5.92 Å². The van der Waals surface area contributed by atoms with Gasteiger partial charge in [-0.25, -0.2) is 0 Å². The summed E-state index contributed by atoms with van der Waals surface area (Å²) in [6, 6.07) is 15.3. The molecule has 0 N–H and O–H groups in total. The van der Waals surface area contributed by atoms with E-state index in [0.29, 0.717) is 5.92 Å². The zero-order valence-electron chi connectivity index (χ0n) is 13.1. The lowest BCUT2D eigenvalue weighted by Gasteiger charge is -2.21. The van der Waals surface area contributed by atoms with E-state index in [4.69, 9.17) is 0 Å². The van der Waals surface area contributed by atoms with Gasteiger partial charge in [-0.2, -0.15) is 0 Å². The first-order valence-corrected chi connectivity index (χ1v) is 8.07. The largest absolute Gasteiger partial charge is 0.0702 e. The second-order valence-corrected chi connectivity index (χ2v) is 6.22. The minimum absolute atomic E-state index is 0.453. The van der Waals surface area contributed by atoms with Gasteiger partial charge < -0.3 is 0 Å². The fourth-order valence-electron chi connectivity index (χ4n) is 3.62. The third-order valence-corrected chi connectivity index (χ3v) is 4.71. The Balaban J connectivity index is 1.93. The van der Waals surface area contributed by atoms with Gasteiger partial charge in [0.15, 0.2) is 0 Å². The summed E-state index contributed by atoms with van der Waals surface area (Å²) in [5.74, 6) is 0.453. The van der Waals surface area contributed by atoms with Gasteiger partial charge in [-0.15, -0.1) is 0 Å². The molecule has 4 rings (SSSR count). The van der Waals surface area contributed by atoms with E-state index < -0.39 is 0 Å². The van der Waals surface area contributed by atoms with E-state index in [2.05, 4.69) is 80.6 Å². The van der Waals surface area contributed by atoms with Gasteiger partial charge in [0.1, 0.15) is 0 Å². The van der Waals surface area contributed by atoms with Gasteiger partial charge in [-0.1, -0.05) is 84.8 Å². The Morgan fingerprint density at radius 3 is 2.59 bits per heavy atom. The van der Waals surface area contributed by atoms with Gasteiger partial charge in [0, 0.05) is 5.92 Å². The Hall–Kier alpha value is -2.34. The maximum absolute atomic E-state index is 2.41.